The van der Waals surface area contributed by atoms with Gasteiger partial charge in [0.15, 0.2) is 5.13 Å². The molecule has 4 aromatic rings. The Balaban J connectivity index is 1.50. The number of anilines is 2. The summed E-state index contributed by atoms with van der Waals surface area (Å²) in [5.41, 5.74) is 7.96. The summed E-state index contributed by atoms with van der Waals surface area (Å²) < 4.78 is 0. The largest absolute Gasteiger partial charge is 0.368 e. The third-order valence-corrected chi connectivity index (χ3v) is 5.70. The smallest absolute Gasteiger partial charge is 0.267 e. The highest BCUT2D eigenvalue weighted by Crippen LogP contribution is 2.29. The van der Waals surface area contributed by atoms with Crippen LogP contribution in [0.15, 0.2) is 54.0 Å². The van der Waals surface area contributed by atoms with Gasteiger partial charge in [-0.3, -0.25) is 10.1 Å². The van der Waals surface area contributed by atoms with Gasteiger partial charge in [0.25, 0.3) is 5.91 Å². The molecule has 0 atom stereocenters. The summed E-state index contributed by atoms with van der Waals surface area (Å²) in [6, 6.07) is 12.8. The highest BCUT2D eigenvalue weighted by Gasteiger charge is 2.14. The maximum absolute atomic E-state index is 12.5. The quantitative estimate of drug-likeness (QED) is 0.500. The second kappa shape index (κ2) is 7.43. The number of aromatic nitrogens is 3. The molecule has 0 spiro atoms. The van der Waals surface area contributed by atoms with Crippen molar-refractivity contribution in [1.82, 2.24) is 15.0 Å². The number of hydrogen-bond acceptors (Lipinski definition) is 7. The van der Waals surface area contributed by atoms with Gasteiger partial charge in [-0.05, 0) is 30.3 Å². The zero-order chi connectivity index (χ0) is 18.8. The summed E-state index contributed by atoms with van der Waals surface area (Å²) in [6.07, 6.45) is 1.59. The summed E-state index contributed by atoms with van der Waals surface area (Å²) in [6.45, 7) is 0. The molecule has 0 bridgehead atoms. The molecule has 3 N–H and O–H groups in total. The molecule has 0 radical (unpaired) electrons. The number of rotatable bonds is 4. The third kappa shape index (κ3) is 3.97. The van der Waals surface area contributed by atoms with Crippen molar-refractivity contribution in [1.29, 1.82) is 0 Å². The average Bonchev–Trinajstić information content (AvgIpc) is 3.31. The summed E-state index contributed by atoms with van der Waals surface area (Å²) in [7, 11) is 0. The van der Waals surface area contributed by atoms with Crippen LogP contribution < -0.4 is 11.1 Å². The lowest BCUT2D eigenvalue weighted by Crippen LogP contribution is -2.09. The van der Waals surface area contributed by atoms with E-state index in [1.54, 1.807) is 24.4 Å². The predicted molar refractivity (Wildman–Crippen MR) is 110 cm³/mol. The molecule has 0 saturated heterocycles. The van der Waals surface area contributed by atoms with Gasteiger partial charge in [-0.1, -0.05) is 23.7 Å². The van der Waals surface area contributed by atoms with Crippen molar-refractivity contribution in [3.8, 4) is 21.8 Å². The van der Waals surface area contributed by atoms with Crippen LogP contribution in [0.5, 0.6) is 0 Å². The lowest BCUT2D eigenvalue weighted by Gasteiger charge is -1.99. The number of halogens is 1. The number of carbonyl (C=O) groups is 1. The molecule has 134 valence electrons. The predicted octanol–water partition coefficient (Wildman–Crippen LogP) is 4.82. The molecule has 3 heterocycles. The Kier molecular flexibility index (Phi) is 4.85. The van der Waals surface area contributed by atoms with Gasteiger partial charge in [-0.15, -0.1) is 22.7 Å². The Morgan fingerprint density at radius 3 is 2.81 bits per heavy atom. The molecule has 0 aliphatic carbocycles. The Morgan fingerprint density at radius 2 is 2.00 bits per heavy atom. The van der Waals surface area contributed by atoms with Crippen LogP contribution in [0, 0.1) is 0 Å². The van der Waals surface area contributed by atoms with Crippen molar-refractivity contribution in [2.45, 2.75) is 0 Å². The van der Waals surface area contributed by atoms with E-state index in [1.165, 1.54) is 22.7 Å². The summed E-state index contributed by atoms with van der Waals surface area (Å²) in [4.78, 5) is 26.4. The maximum atomic E-state index is 12.5. The van der Waals surface area contributed by atoms with Crippen LogP contribution in [0.2, 0.25) is 5.02 Å². The van der Waals surface area contributed by atoms with E-state index in [4.69, 9.17) is 17.3 Å². The number of nitrogen functional groups attached to an aromatic ring is 1. The number of benzene rings is 1. The van der Waals surface area contributed by atoms with Gasteiger partial charge in [-0.2, -0.15) is 0 Å². The first kappa shape index (κ1) is 17.6. The second-order valence-electron chi connectivity index (χ2n) is 5.47. The van der Waals surface area contributed by atoms with Gasteiger partial charge in [0.1, 0.15) is 0 Å². The van der Waals surface area contributed by atoms with Gasteiger partial charge in [0.2, 0.25) is 5.95 Å². The molecule has 0 aliphatic heterocycles. The van der Waals surface area contributed by atoms with Gasteiger partial charge >= 0.3 is 0 Å². The minimum absolute atomic E-state index is 0.197. The molecule has 4 rings (SSSR count). The van der Waals surface area contributed by atoms with E-state index in [9.17, 15) is 4.79 Å². The van der Waals surface area contributed by atoms with Crippen LogP contribution in [0.4, 0.5) is 11.1 Å². The lowest BCUT2D eigenvalue weighted by molar-refractivity contribution is 0.103. The molecule has 0 saturated carbocycles. The van der Waals surface area contributed by atoms with Crippen LogP contribution in [0.25, 0.3) is 21.8 Å². The highest BCUT2D eigenvalue weighted by molar-refractivity contribution is 7.17. The minimum atomic E-state index is -0.222. The number of thiophene rings is 1. The van der Waals surface area contributed by atoms with Crippen LogP contribution in [0.3, 0.4) is 0 Å². The third-order valence-electron chi connectivity index (χ3n) is 3.60. The molecule has 1 amide bonds. The summed E-state index contributed by atoms with van der Waals surface area (Å²) >= 11 is 8.71. The number of nitrogens with zero attached hydrogens (tertiary/aromatic N) is 3. The van der Waals surface area contributed by atoms with E-state index < -0.39 is 0 Å². The van der Waals surface area contributed by atoms with Crippen LogP contribution >= 0.6 is 34.3 Å². The molecule has 27 heavy (non-hydrogen) atoms. The topological polar surface area (TPSA) is 93.8 Å². The first-order valence-corrected chi connectivity index (χ1v) is 9.87. The van der Waals surface area contributed by atoms with E-state index >= 15 is 0 Å². The van der Waals surface area contributed by atoms with Crippen molar-refractivity contribution in [2.24, 2.45) is 0 Å². The molecule has 1 aromatic carbocycles. The normalized spacial score (nSPS) is 10.7. The van der Waals surface area contributed by atoms with E-state index in [-0.39, 0.29) is 11.9 Å². The van der Waals surface area contributed by atoms with E-state index in [0.717, 1.165) is 16.1 Å². The Bertz CT molecular complexity index is 1120. The number of thiazole rings is 1. The fourth-order valence-electron chi connectivity index (χ4n) is 2.38. The number of hydrogen-bond donors (Lipinski definition) is 2. The lowest BCUT2D eigenvalue weighted by atomic mass is 10.2. The van der Waals surface area contributed by atoms with E-state index in [0.29, 0.717) is 20.7 Å². The number of nitrogens with one attached hydrogen (secondary N) is 1. The summed E-state index contributed by atoms with van der Waals surface area (Å²) in [5, 5.41) is 5.87. The fraction of sp³-hybridized carbons (Fsp3) is 0. The van der Waals surface area contributed by atoms with Gasteiger partial charge in [0.05, 0.1) is 21.1 Å². The van der Waals surface area contributed by atoms with Gasteiger partial charge in [0, 0.05) is 22.2 Å². The standard InChI is InChI=1S/C18H12ClN5OS2/c19-11-3-1-2-10(8-11)13-9-26-18(23-13)24-16(25)15-5-4-14(27-15)12-6-7-21-17(20)22-12/h1-9H,(H2,20,21,22)(H,23,24,25). The monoisotopic (exact) mass is 413 g/mol. The second-order valence-corrected chi connectivity index (χ2v) is 7.84. The molecular weight excluding hydrogens is 402 g/mol. The van der Waals surface area contributed by atoms with Crippen molar-refractivity contribution >= 4 is 51.3 Å². The zero-order valence-electron chi connectivity index (χ0n) is 13.7. The molecule has 0 aliphatic rings. The van der Waals surface area contributed by atoms with Crippen LogP contribution in [0.1, 0.15) is 9.67 Å². The van der Waals surface area contributed by atoms with E-state index in [1.807, 2.05) is 29.6 Å². The molecular formula is C18H12ClN5OS2. The van der Waals surface area contributed by atoms with Gasteiger partial charge < -0.3 is 5.73 Å². The van der Waals surface area contributed by atoms with Crippen LogP contribution in [-0.4, -0.2) is 20.9 Å². The van der Waals surface area contributed by atoms with Crippen molar-refractivity contribution in [2.75, 3.05) is 11.1 Å². The van der Waals surface area contributed by atoms with Crippen molar-refractivity contribution < 1.29 is 4.79 Å². The zero-order valence-corrected chi connectivity index (χ0v) is 16.1. The molecule has 0 unspecified atom stereocenters. The first-order chi connectivity index (χ1) is 13.1. The number of carbonyl (C=O) groups excluding carboxylic acids is 1. The van der Waals surface area contributed by atoms with Crippen molar-refractivity contribution in [3.63, 3.8) is 0 Å². The first-order valence-electron chi connectivity index (χ1n) is 7.80. The van der Waals surface area contributed by atoms with E-state index in [2.05, 4.69) is 20.3 Å². The number of nitrogens with two attached hydrogens (primary N) is 1. The molecule has 0 fully saturated rings. The SMILES string of the molecule is Nc1nccc(-c2ccc(C(=O)Nc3nc(-c4cccc(Cl)c4)cs3)s2)n1. The minimum Gasteiger partial charge on any atom is -0.368 e. The Morgan fingerprint density at radius 1 is 1.11 bits per heavy atom. The number of amides is 1. The average molecular weight is 414 g/mol. The van der Waals surface area contributed by atoms with Gasteiger partial charge in [-0.25, -0.2) is 15.0 Å². The Hall–Kier alpha value is -2.81. The van der Waals surface area contributed by atoms with Crippen LogP contribution in [-0.2, 0) is 0 Å². The Labute approximate surface area is 167 Å². The highest BCUT2D eigenvalue weighted by atomic mass is 35.5. The molecule has 6 nitrogen and oxygen atoms in total. The fourth-order valence-corrected chi connectivity index (χ4v) is 4.15. The molecule has 9 heteroatoms. The molecule has 3 aromatic heterocycles. The maximum Gasteiger partial charge on any atom is 0.267 e. The summed E-state index contributed by atoms with van der Waals surface area (Å²) in [5.74, 6) is -0.0245. The van der Waals surface area contributed by atoms with Crippen molar-refractivity contribution in [3.05, 3.63) is 63.9 Å².